The first kappa shape index (κ1) is 13.0. The summed E-state index contributed by atoms with van der Waals surface area (Å²) in [7, 11) is -3.28. The van der Waals surface area contributed by atoms with E-state index in [1.807, 2.05) is 27.7 Å². The summed E-state index contributed by atoms with van der Waals surface area (Å²) in [6, 6.07) is 1.72. The first-order valence-corrected chi connectivity index (χ1v) is 7.01. The van der Waals surface area contributed by atoms with E-state index in [1.165, 1.54) is 0 Å². The summed E-state index contributed by atoms with van der Waals surface area (Å²) in [5.41, 5.74) is 0.919. The summed E-state index contributed by atoms with van der Waals surface area (Å²) >= 11 is 0. The molecule has 92 valence electrons. The fraction of sp³-hybridized carbons (Fsp3) is 0.700. The third kappa shape index (κ3) is 3.84. The number of rotatable bonds is 5. The van der Waals surface area contributed by atoms with Gasteiger partial charge in [-0.25, -0.2) is 8.42 Å². The lowest BCUT2D eigenvalue weighted by Crippen LogP contribution is -2.20. The van der Waals surface area contributed by atoms with Gasteiger partial charge in [0.1, 0.15) is 0 Å². The van der Waals surface area contributed by atoms with Gasteiger partial charge < -0.3 is 0 Å². The minimum Gasteiger partial charge on any atom is -0.280 e. The summed E-state index contributed by atoms with van der Waals surface area (Å²) in [5.74, 6) is 0.873. The summed E-state index contributed by atoms with van der Waals surface area (Å²) in [6.45, 7) is 7.76. The number of aromatic amines is 1. The van der Waals surface area contributed by atoms with Crippen molar-refractivity contribution in [3.05, 3.63) is 11.8 Å². The first-order valence-electron chi connectivity index (χ1n) is 5.36. The van der Waals surface area contributed by atoms with Crippen molar-refractivity contribution in [1.82, 2.24) is 10.2 Å². The van der Waals surface area contributed by atoms with Crippen molar-refractivity contribution in [2.24, 2.45) is 5.92 Å². The van der Waals surface area contributed by atoms with Gasteiger partial charge in [-0.3, -0.25) is 9.82 Å². The van der Waals surface area contributed by atoms with E-state index in [0.29, 0.717) is 11.7 Å². The fourth-order valence-electron chi connectivity index (χ4n) is 1.32. The molecule has 1 aromatic heterocycles. The van der Waals surface area contributed by atoms with Crippen LogP contribution < -0.4 is 4.72 Å². The molecule has 1 rings (SSSR count). The highest BCUT2D eigenvalue weighted by atomic mass is 32.2. The molecule has 5 nitrogen and oxygen atoms in total. The van der Waals surface area contributed by atoms with E-state index >= 15 is 0 Å². The molecule has 0 aliphatic rings. The minimum absolute atomic E-state index is 0.0982. The van der Waals surface area contributed by atoms with Gasteiger partial charge in [0, 0.05) is 11.8 Å². The summed E-state index contributed by atoms with van der Waals surface area (Å²) in [5, 5.41) is 6.72. The Morgan fingerprint density at radius 2 is 2.00 bits per heavy atom. The Balaban J connectivity index is 2.73. The number of hydrogen-bond acceptors (Lipinski definition) is 3. The van der Waals surface area contributed by atoms with Crippen LogP contribution in [0.25, 0.3) is 0 Å². The topological polar surface area (TPSA) is 74.8 Å². The average Bonchev–Trinajstić information content (AvgIpc) is 2.48. The Bertz CT molecular complexity index is 435. The molecule has 0 fully saturated rings. The maximum Gasteiger partial charge on any atom is 0.234 e. The van der Waals surface area contributed by atoms with Crippen molar-refractivity contribution >= 4 is 15.8 Å². The van der Waals surface area contributed by atoms with Crippen molar-refractivity contribution in [3.8, 4) is 0 Å². The van der Waals surface area contributed by atoms with E-state index in [-0.39, 0.29) is 11.7 Å². The maximum atomic E-state index is 11.6. The fourth-order valence-corrected chi connectivity index (χ4v) is 2.71. The number of nitrogens with zero attached hydrogens (tertiary/aromatic N) is 1. The number of anilines is 1. The molecule has 0 spiro atoms. The standard InChI is InChI=1S/C10H19N3O2S/c1-7(2)6-16(14,15)13-10-5-9(8(3)4)11-12-10/h5,7-8H,6H2,1-4H3,(H2,11,12,13). The van der Waals surface area contributed by atoms with Crippen LogP contribution in [0, 0.1) is 5.92 Å². The van der Waals surface area contributed by atoms with Crippen molar-refractivity contribution in [1.29, 1.82) is 0 Å². The SMILES string of the molecule is CC(C)CS(=O)(=O)Nc1cc(C(C)C)[nH]n1. The molecule has 0 amide bonds. The number of sulfonamides is 1. The second kappa shape index (κ2) is 4.86. The molecule has 16 heavy (non-hydrogen) atoms. The van der Waals surface area contributed by atoms with E-state index in [1.54, 1.807) is 6.07 Å². The van der Waals surface area contributed by atoms with Crippen molar-refractivity contribution in [2.45, 2.75) is 33.6 Å². The van der Waals surface area contributed by atoms with Gasteiger partial charge in [0.2, 0.25) is 10.0 Å². The lowest BCUT2D eigenvalue weighted by atomic mass is 10.1. The summed E-state index contributed by atoms with van der Waals surface area (Å²) in [4.78, 5) is 0. The minimum atomic E-state index is -3.28. The van der Waals surface area contributed by atoms with Gasteiger partial charge in [-0.05, 0) is 11.8 Å². The smallest absolute Gasteiger partial charge is 0.234 e. The Kier molecular flexibility index (Phi) is 3.96. The molecular weight excluding hydrogens is 226 g/mol. The zero-order valence-electron chi connectivity index (χ0n) is 10.1. The van der Waals surface area contributed by atoms with Gasteiger partial charge in [-0.15, -0.1) is 0 Å². The second-order valence-corrected chi connectivity index (χ2v) is 6.41. The zero-order chi connectivity index (χ0) is 12.3. The van der Waals surface area contributed by atoms with Crippen LogP contribution in [0.3, 0.4) is 0 Å². The lowest BCUT2D eigenvalue weighted by molar-refractivity contribution is 0.587. The molecule has 1 aromatic rings. The molecule has 0 aliphatic carbocycles. The largest absolute Gasteiger partial charge is 0.280 e. The zero-order valence-corrected chi connectivity index (χ0v) is 10.9. The molecule has 0 atom stereocenters. The molecule has 0 aliphatic heterocycles. The monoisotopic (exact) mass is 245 g/mol. The van der Waals surface area contributed by atoms with Gasteiger partial charge in [0.15, 0.2) is 5.82 Å². The van der Waals surface area contributed by atoms with Gasteiger partial charge in [0.25, 0.3) is 0 Å². The van der Waals surface area contributed by atoms with Crippen molar-refractivity contribution in [2.75, 3.05) is 10.5 Å². The Labute approximate surface area is 96.7 Å². The van der Waals surface area contributed by atoms with Crippen LogP contribution in [-0.2, 0) is 10.0 Å². The van der Waals surface area contributed by atoms with E-state index in [4.69, 9.17) is 0 Å². The molecule has 0 saturated carbocycles. The van der Waals surface area contributed by atoms with Gasteiger partial charge in [-0.2, -0.15) is 5.10 Å². The Hall–Kier alpha value is -1.04. The number of aromatic nitrogens is 2. The van der Waals surface area contributed by atoms with Crippen LogP contribution in [0.15, 0.2) is 6.07 Å². The van der Waals surface area contributed by atoms with Crippen molar-refractivity contribution in [3.63, 3.8) is 0 Å². The number of H-pyrrole nitrogens is 1. The third-order valence-corrected chi connectivity index (χ3v) is 3.66. The molecule has 6 heteroatoms. The van der Waals surface area contributed by atoms with Crippen LogP contribution >= 0.6 is 0 Å². The van der Waals surface area contributed by atoms with Gasteiger partial charge in [0.05, 0.1) is 5.75 Å². The highest BCUT2D eigenvalue weighted by Crippen LogP contribution is 2.16. The quantitative estimate of drug-likeness (QED) is 0.832. The molecule has 2 N–H and O–H groups in total. The highest BCUT2D eigenvalue weighted by Gasteiger charge is 2.15. The van der Waals surface area contributed by atoms with Crippen LogP contribution in [0.5, 0.6) is 0 Å². The number of nitrogens with one attached hydrogen (secondary N) is 2. The normalized spacial score (nSPS) is 12.4. The average molecular weight is 245 g/mol. The van der Waals surface area contributed by atoms with E-state index in [2.05, 4.69) is 14.9 Å². The molecule has 0 bridgehead atoms. The summed E-state index contributed by atoms with van der Waals surface area (Å²) < 4.78 is 25.7. The molecule has 0 unspecified atom stereocenters. The third-order valence-electron chi connectivity index (χ3n) is 2.03. The molecule has 0 aromatic carbocycles. The second-order valence-electron chi connectivity index (χ2n) is 4.64. The first-order chi connectivity index (χ1) is 7.30. The van der Waals surface area contributed by atoms with Crippen LogP contribution in [-0.4, -0.2) is 24.4 Å². The van der Waals surface area contributed by atoms with E-state index < -0.39 is 10.0 Å². The number of hydrogen-bond donors (Lipinski definition) is 2. The molecule has 0 saturated heterocycles. The van der Waals surface area contributed by atoms with Gasteiger partial charge >= 0.3 is 0 Å². The van der Waals surface area contributed by atoms with Crippen molar-refractivity contribution < 1.29 is 8.42 Å². The Morgan fingerprint density at radius 3 is 2.44 bits per heavy atom. The predicted octanol–water partition coefficient (Wildman–Crippen LogP) is 1.93. The summed E-state index contributed by atoms with van der Waals surface area (Å²) in [6.07, 6.45) is 0. The van der Waals surface area contributed by atoms with E-state index in [0.717, 1.165) is 5.69 Å². The van der Waals surface area contributed by atoms with Gasteiger partial charge in [-0.1, -0.05) is 27.7 Å². The molecule has 1 heterocycles. The predicted molar refractivity (Wildman–Crippen MR) is 64.9 cm³/mol. The van der Waals surface area contributed by atoms with Crippen LogP contribution in [0.1, 0.15) is 39.3 Å². The Morgan fingerprint density at radius 1 is 1.38 bits per heavy atom. The lowest BCUT2D eigenvalue weighted by Gasteiger charge is -2.06. The van der Waals surface area contributed by atoms with E-state index in [9.17, 15) is 8.42 Å². The van der Waals surface area contributed by atoms with Crippen LogP contribution in [0.4, 0.5) is 5.82 Å². The molecular formula is C10H19N3O2S. The maximum absolute atomic E-state index is 11.6. The molecule has 0 radical (unpaired) electrons. The highest BCUT2D eigenvalue weighted by molar-refractivity contribution is 7.92. The van der Waals surface area contributed by atoms with Crippen LogP contribution in [0.2, 0.25) is 0 Å².